The molecule has 0 aromatic rings. The lowest BCUT2D eigenvalue weighted by Crippen LogP contribution is -2.41. The van der Waals surface area contributed by atoms with Gasteiger partial charge in [0.1, 0.15) is 6.10 Å². The summed E-state index contributed by atoms with van der Waals surface area (Å²) in [5, 5.41) is 18.2. The van der Waals surface area contributed by atoms with Gasteiger partial charge in [-0.1, -0.05) is 12.5 Å². The monoisotopic (exact) mass is 154 g/mol. The number of terminal acetylenes is 1. The van der Waals surface area contributed by atoms with E-state index in [9.17, 15) is 5.11 Å². The molecule has 1 fully saturated rings. The van der Waals surface area contributed by atoms with Crippen molar-refractivity contribution >= 4 is 0 Å². The average molecular weight is 154 g/mol. The Morgan fingerprint density at radius 2 is 2.55 bits per heavy atom. The Bertz CT molecular complexity index is 216. The summed E-state index contributed by atoms with van der Waals surface area (Å²) < 4.78 is 5.03. The predicted molar refractivity (Wildman–Crippen MR) is 39.5 cm³/mol. The molecule has 0 saturated carbocycles. The van der Waals surface area contributed by atoms with Crippen LogP contribution in [0.3, 0.4) is 0 Å². The lowest BCUT2D eigenvalue weighted by Gasteiger charge is -2.22. The first-order valence-corrected chi connectivity index (χ1v) is 3.28. The molecule has 0 aromatic heterocycles. The maximum atomic E-state index is 9.32. The molecule has 11 heavy (non-hydrogen) atoms. The Hall–Kier alpha value is -0.980. The van der Waals surface area contributed by atoms with E-state index in [4.69, 9.17) is 16.3 Å². The standard InChI is InChI=1S/C8H10O3/c1-3-8(5-9)7(10)4-6(2)11-8/h1,7,9-10H,2,4-5H2/t7-,8+/m0/s1. The predicted octanol–water partition coefficient (Wildman–Crippen LogP) is -0.354. The van der Waals surface area contributed by atoms with Crippen LogP contribution in [0.25, 0.3) is 0 Å². The highest BCUT2D eigenvalue weighted by atomic mass is 16.5. The Morgan fingerprint density at radius 1 is 1.91 bits per heavy atom. The molecular weight excluding hydrogens is 144 g/mol. The van der Waals surface area contributed by atoms with Gasteiger partial charge in [-0.2, -0.15) is 0 Å². The van der Waals surface area contributed by atoms with Gasteiger partial charge in [0.05, 0.1) is 12.4 Å². The number of rotatable bonds is 1. The maximum Gasteiger partial charge on any atom is 0.217 e. The van der Waals surface area contributed by atoms with E-state index in [1.54, 1.807) is 0 Å². The summed E-state index contributed by atoms with van der Waals surface area (Å²) in [6.07, 6.45) is 4.55. The van der Waals surface area contributed by atoms with Crippen LogP contribution in [0.15, 0.2) is 12.3 Å². The van der Waals surface area contributed by atoms with Crippen molar-refractivity contribution in [2.24, 2.45) is 0 Å². The molecule has 2 atom stereocenters. The van der Waals surface area contributed by atoms with Crippen LogP contribution in [-0.4, -0.2) is 28.5 Å². The first-order valence-electron chi connectivity index (χ1n) is 3.28. The average Bonchev–Trinajstić information content (AvgIpc) is 2.27. The number of ether oxygens (including phenoxy) is 1. The smallest absolute Gasteiger partial charge is 0.217 e. The maximum absolute atomic E-state index is 9.32. The molecule has 60 valence electrons. The summed E-state index contributed by atoms with van der Waals surface area (Å²) >= 11 is 0. The van der Waals surface area contributed by atoms with E-state index in [-0.39, 0.29) is 6.61 Å². The van der Waals surface area contributed by atoms with E-state index >= 15 is 0 Å². The minimum Gasteiger partial charge on any atom is -0.474 e. The van der Waals surface area contributed by atoms with Gasteiger partial charge in [0, 0.05) is 6.42 Å². The van der Waals surface area contributed by atoms with Gasteiger partial charge in [0.25, 0.3) is 0 Å². The van der Waals surface area contributed by atoms with Crippen molar-refractivity contribution < 1.29 is 14.9 Å². The Balaban J connectivity index is 2.86. The molecule has 3 heteroatoms. The fraction of sp³-hybridized carbons (Fsp3) is 0.500. The minimum atomic E-state index is -1.25. The normalized spacial score (nSPS) is 36.5. The molecule has 3 nitrogen and oxygen atoms in total. The minimum absolute atomic E-state index is 0.296. The van der Waals surface area contributed by atoms with Crippen molar-refractivity contribution in [3.63, 3.8) is 0 Å². The summed E-state index contributed by atoms with van der Waals surface area (Å²) in [6, 6.07) is 0. The zero-order chi connectivity index (χ0) is 8.48. The van der Waals surface area contributed by atoms with Gasteiger partial charge in [0.15, 0.2) is 0 Å². The van der Waals surface area contributed by atoms with E-state index in [0.717, 1.165) is 0 Å². The molecule has 1 rings (SSSR count). The van der Waals surface area contributed by atoms with Crippen molar-refractivity contribution in [1.82, 2.24) is 0 Å². The topological polar surface area (TPSA) is 49.7 Å². The number of hydrogen-bond donors (Lipinski definition) is 2. The van der Waals surface area contributed by atoms with Gasteiger partial charge < -0.3 is 14.9 Å². The van der Waals surface area contributed by atoms with Gasteiger partial charge in [-0.25, -0.2) is 0 Å². The van der Waals surface area contributed by atoms with Crippen molar-refractivity contribution in [3.8, 4) is 12.3 Å². The molecule has 0 unspecified atom stereocenters. The second kappa shape index (κ2) is 2.57. The van der Waals surface area contributed by atoms with Crippen LogP contribution in [0.4, 0.5) is 0 Å². The third-order valence-corrected chi connectivity index (χ3v) is 1.76. The van der Waals surface area contributed by atoms with Crippen molar-refractivity contribution in [2.45, 2.75) is 18.1 Å². The molecule has 1 heterocycles. The zero-order valence-corrected chi connectivity index (χ0v) is 6.08. The summed E-state index contributed by atoms with van der Waals surface area (Å²) in [7, 11) is 0. The first kappa shape index (κ1) is 8.12. The van der Waals surface area contributed by atoms with E-state index < -0.39 is 11.7 Å². The van der Waals surface area contributed by atoms with Crippen LogP contribution in [0.1, 0.15) is 6.42 Å². The largest absolute Gasteiger partial charge is 0.474 e. The molecule has 0 aliphatic carbocycles. The lowest BCUT2D eigenvalue weighted by atomic mass is 9.99. The van der Waals surface area contributed by atoms with Crippen LogP contribution in [0.5, 0.6) is 0 Å². The second-order valence-corrected chi connectivity index (χ2v) is 2.55. The molecule has 1 saturated heterocycles. The van der Waals surface area contributed by atoms with Crippen LogP contribution in [-0.2, 0) is 4.74 Å². The number of aliphatic hydroxyl groups excluding tert-OH is 2. The molecule has 1 aliphatic heterocycles. The van der Waals surface area contributed by atoms with Crippen LogP contribution in [0.2, 0.25) is 0 Å². The second-order valence-electron chi connectivity index (χ2n) is 2.55. The molecule has 0 radical (unpaired) electrons. The van der Waals surface area contributed by atoms with Gasteiger partial charge >= 0.3 is 0 Å². The van der Waals surface area contributed by atoms with Gasteiger partial charge in [-0.15, -0.1) is 6.42 Å². The highest BCUT2D eigenvalue weighted by molar-refractivity contribution is 5.20. The van der Waals surface area contributed by atoms with E-state index in [2.05, 4.69) is 12.5 Å². The van der Waals surface area contributed by atoms with Gasteiger partial charge in [0.2, 0.25) is 5.60 Å². The van der Waals surface area contributed by atoms with Crippen molar-refractivity contribution in [2.75, 3.05) is 6.61 Å². The molecule has 0 spiro atoms. The third kappa shape index (κ3) is 1.11. The fourth-order valence-corrected chi connectivity index (χ4v) is 1.06. The van der Waals surface area contributed by atoms with Crippen LogP contribution < -0.4 is 0 Å². The molecule has 1 aliphatic rings. The van der Waals surface area contributed by atoms with Gasteiger partial charge in [-0.3, -0.25) is 0 Å². The molecule has 0 amide bonds. The van der Waals surface area contributed by atoms with E-state index in [1.165, 1.54) is 0 Å². The highest BCUT2D eigenvalue weighted by Crippen LogP contribution is 2.31. The molecule has 0 bridgehead atoms. The third-order valence-electron chi connectivity index (χ3n) is 1.76. The SMILES string of the molecule is C#C[C@]1(CO)OC(=C)C[C@@H]1O. The quantitative estimate of drug-likeness (QED) is 0.507. The Kier molecular flexibility index (Phi) is 1.90. The van der Waals surface area contributed by atoms with E-state index in [1.807, 2.05) is 0 Å². The van der Waals surface area contributed by atoms with Gasteiger partial charge in [-0.05, 0) is 0 Å². The lowest BCUT2D eigenvalue weighted by molar-refractivity contribution is -0.0326. The summed E-state index contributed by atoms with van der Waals surface area (Å²) in [5.41, 5.74) is -1.25. The van der Waals surface area contributed by atoms with Crippen molar-refractivity contribution in [3.05, 3.63) is 12.3 Å². The van der Waals surface area contributed by atoms with Crippen molar-refractivity contribution in [1.29, 1.82) is 0 Å². The summed E-state index contributed by atoms with van der Waals surface area (Å²) in [5.74, 6) is 2.65. The fourth-order valence-electron chi connectivity index (χ4n) is 1.06. The Labute approximate surface area is 65.3 Å². The molecule has 0 aromatic carbocycles. The number of hydrogen-bond acceptors (Lipinski definition) is 3. The highest BCUT2D eigenvalue weighted by Gasteiger charge is 2.44. The Morgan fingerprint density at radius 3 is 2.73 bits per heavy atom. The van der Waals surface area contributed by atoms with E-state index in [0.29, 0.717) is 12.2 Å². The molecular formula is C8H10O3. The number of aliphatic hydroxyl groups is 2. The summed E-state index contributed by atoms with van der Waals surface area (Å²) in [4.78, 5) is 0. The molecule has 2 N–H and O–H groups in total. The van der Waals surface area contributed by atoms with Crippen LogP contribution in [0, 0.1) is 12.3 Å². The summed E-state index contributed by atoms with van der Waals surface area (Å²) in [6.45, 7) is 3.12. The first-order chi connectivity index (χ1) is 5.14. The zero-order valence-electron chi connectivity index (χ0n) is 6.08. The van der Waals surface area contributed by atoms with Crippen LogP contribution >= 0.6 is 0 Å².